The quantitative estimate of drug-likeness (QED) is 0.638. The molecule has 0 amide bonds. The fourth-order valence-corrected chi connectivity index (χ4v) is 2.55. The van der Waals surface area contributed by atoms with E-state index in [2.05, 4.69) is 17.5 Å². The number of rotatable bonds is 4. The Morgan fingerprint density at radius 1 is 1.46 bits per heavy atom. The third kappa shape index (κ3) is 1.94. The molecule has 74 valence electrons. The van der Waals surface area contributed by atoms with E-state index in [9.17, 15) is 0 Å². The van der Waals surface area contributed by atoms with Crippen LogP contribution in [0.3, 0.4) is 0 Å². The Labute approximate surface area is 80.0 Å². The van der Waals surface area contributed by atoms with Crippen molar-refractivity contribution in [3.63, 3.8) is 0 Å². The monoisotopic (exact) mass is 181 g/mol. The van der Waals surface area contributed by atoms with E-state index in [1.807, 2.05) is 6.92 Å². The van der Waals surface area contributed by atoms with Crippen LogP contribution in [-0.4, -0.2) is 24.3 Å². The van der Waals surface area contributed by atoms with E-state index in [0.717, 1.165) is 24.3 Å². The third-order valence-electron chi connectivity index (χ3n) is 3.42. The van der Waals surface area contributed by atoms with E-state index >= 15 is 0 Å². The third-order valence-corrected chi connectivity index (χ3v) is 3.42. The highest BCUT2D eigenvalue weighted by Gasteiger charge is 2.35. The van der Waals surface area contributed by atoms with Crippen LogP contribution in [0.4, 0.5) is 0 Å². The van der Waals surface area contributed by atoms with Crippen molar-refractivity contribution in [2.24, 2.45) is 17.8 Å². The maximum atomic E-state index is 8.86. The van der Waals surface area contributed by atoms with Crippen LogP contribution < -0.4 is 5.32 Å². The van der Waals surface area contributed by atoms with Gasteiger partial charge in [0.05, 0.1) is 6.61 Å². The molecule has 4 atom stereocenters. The standard InChI is InChI=1S/C11H19NO/c1-8(7-13)12-6-11-5-9-2-3-10(11)4-9/h2-3,8-13H,4-7H2,1H3/t8-,9?,10?,11?/m1/s1. The van der Waals surface area contributed by atoms with E-state index < -0.39 is 0 Å². The first-order valence-corrected chi connectivity index (χ1v) is 5.32. The van der Waals surface area contributed by atoms with Crippen LogP contribution in [0.25, 0.3) is 0 Å². The molecule has 2 rings (SSSR count). The number of aliphatic hydroxyl groups is 1. The van der Waals surface area contributed by atoms with Crippen molar-refractivity contribution >= 4 is 0 Å². The van der Waals surface area contributed by atoms with Gasteiger partial charge in [0.25, 0.3) is 0 Å². The molecular formula is C11H19NO. The number of hydrogen-bond acceptors (Lipinski definition) is 2. The average Bonchev–Trinajstić information content (AvgIpc) is 2.74. The highest BCUT2D eigenvalue weighted by molar-refractivity contribution is 5.10. The fraction of sp³-hybridized carbons (Fsp3) is 0.818. The number of nitrogens with one attached hydrogen (secondary N) is 1. The Morgan fingerprint density at radius 2 is 2.31 bits per heavy atom. The average molecular weight is 181 g/mol. The molecule has 2 nitrogen and oxygen atoms in total. The minimum atomic E-state index is 0.247. The summed E-state index contributed by atoms with van der Waals surface area (Å²) in [5, 5.41) is 12.2. The van der Waals surface area contributed by atoms with Gasteiger partial charge >= 0.3 is 0 Å². The second kappa shape index (κ2) is 3.81. The first-order valence-electron chi connectivity index (χ1n) is 5.32. The molecule has 1 fully saturated rings. The van der Waals surface area contributed by atoms with Crippen molar-refractivity contribution in [3.8, 4) is 0 Å². The zero-order valence-corrected chi connectivity index (χ0v) is 8.24. The van der Waals surface area contributed by atoms with E-state index in [0.29, 0.717) is 0 Å². The topological polar surface area (TPSA) is 32.3 Å². The number of hydrogen-bond donors (Lipinski definition) is 2. The Hall–Kier alpha value is -0.340. The Kier molecular flexibility index (Phi) is 2.70. The van der Waals surface area contributed by atoms with Crippen molar-refractivity contribution in [2.45, 2.75) is 25.8 Å². The number of fused-ring (bicyclic) bond motifs is 2. The fourth-order valence-electron chi connectivity index (χ4n) is 2.55. The van der Waals surface area contributed by atoms with E-state index in [-0.39, 0.29) is 12.6 Å². The molecule has 1 saturated carbocycles. The minimum Gasteiger partial charge on any atom is -0.395 e. The minimum absolute atomic E-state index is 0.247. The SMILES string of the molecule is C[C@H](CO)NCC1CC2C=CC1C2. The number of aliphatic hydroxyl groups excluding tert-OH is 1. The molecular weight excluding hydrogens is 162 g/mol. The van der Waals surface area contributed by atoms with Gasteiger partial charge in [0.1, 0.15) is 0 Å². The summed E-state index contributed by atoms with van der Waals surface area (Å²) in [4.78, 5) is 0. The van der Waals surface area contributed by atoms with Crippen LogP contribution in [0.15, 0.2) is 12.2 Å². The van der Waals surface area contributed by atoms with Gasteiger partial charge in [0, 0.05) is 6.04 Å². The number of allylic oxidation sites excluding steroid dienone is 2. The molecule has 0 aromatic rings. The van der Waals surface area contributed by atoms with Gasteiger partial charge in [-0.15, -0.1) is 0 Å². The first kappa shape index (κ1) is 9.22. The van der Waals surface area contributed by atoms with Crippen LogP contribution in [0.5, 0.6) is 0 Å². The lowest BCUT2D eigenvalue weighted by Crippen LogP contribution is -2.34. The predicted molar refractivity (Wildman–Crippen MR) is 53.4 cm³/mol. The molecule has 2 N–H and O–H groups in total. The van der Waals surface area contributed by atoms with Gasteiger partial charge in [-0.1, -0.05) is 12.2 Å². The summed E-state index contributed by atoms with van der Waals surface area (Å²) < 4.78 is 0. The summed E-state index contributed by atoms with van der Waals surface area (Å²) in [7, 11) is 0. The van der Waals surface area contributed by atoms with Crippen LogP contribution in [0.2, 0.25) is 0 Å². The van der Waals surface area contributed by atoms with Gasteiger partial charge in [-0.3, -0.25) is 0 Å². The summed E-state index contributed by atoms with van der Waals surface area (Å²) in [5.74, 6) is 2.51. The summed E-state index contributed by atoms with van der Waals surface area (Å²) in [6.45, 7) is 3.35. The van der Waals surface area contributed by atoms with Crippen molar-refractivity contribution in [1.82, 2.24) is 5.32 Å². The molecule has 0 aliphatic heterocycles. The van der Waals surface area contributed by atoms with Crippen LogP contribution in [-0.2, 0) is 0 Å². The van der Waals surface area contributed by atoms with E-state index in [1.54, 1.807) is 0 Å². The predicted octanol–water partition coefficient (Wildman–Crippen LogP) is 1.17. The zero-order chi connectivity index (χ0) is 9.26. The molecule has 0 heterocycles. The molecule has 0 radical (unpaired) electrons. The molecule has 0 aromatic heterocycles. The van der Waals surface area contributed by atoms with Gasteiger partial charge in [0.15, 0.2) is 0 Å². The Morgan fingerprint density at radius 3 is 2.85 bits per heavy atom. The van der Waals surface area contributed by atoms with Crippen molar-refractivity contribution in [3.05, 3.63) is 12.2 Å². The summed E-state index contributed by atoms with van der Waals surface area (Å²) in [6, 6.07) is 0.253. The lowest BCUT2D eigenvalue weighted by molar-refractivity contribution is 0.242. The van der Waals surface area contributed by atoms with Gasteiger partial charge in [-0.05, 0) is 44.1 Å². The maximum Gasteiger partial charge on any atom is 0.0581 e. The summed E-state index contributed by atoms with van der Waals surface area (Å²) in [6.07, 6.45) is 7.48. The smallest absolute Gasteiger partial charge is 0.0581 e. The van der Waals surface area contributed by atoms with Crippen molar-refractivity contribution in [1.29, 1.82) is 0 Å². The van der Waals surface area contributed by atoms with Crippen LogP contribution >= 0.6 is 0 Å². The molecule has 3 unspecified atom stereocenters. The van der Waals surface area contributed by atoms with Gasteiger partial charge in [-0.2, -0.15) is 0 Å². The largest absolute Gasteiger partial charge is 0.395 e. The molecule has 0 saturated heterocycles. The Balaban J connectivity index is 1.75. The maximum absolute atomic E-state index is 8.86. The van der Waals surface area contributed by atoms with E-state index in [4.69, 9.17) is 5.11 Å². The second-order valence-corrected chi connectivity index (χ2v) is 4.53. The lowest BCUT2D eigenvalue weighted by atomic mass is 9.93. The van der Waals surface area contributed by atoms with Crippen molar-refractivity contribution < 1.29 is 5.11 Å². The van der Waals surface area contributed by atoms with Gasteiger partial charge < -0.3 is 10.4 Å². The highest BCUT2D eigenvalue weighted by Crippen LogP contribution is 2.42. The zero-order valence-electron chi connectivity index (χ0n) is 8.24. The van der Waals surface area contributed by atoms with E-state index in [1.165, 1.54) is 12.8 Å². The Bertz CT molecular complexity index is 202. The molecule has 13 heavy (non-hydrogen) atoms. The molecule has 0 aromatic carbocycles. The van der Waals surface area contributed by atoms with Crippen LogP contribution in [0, 0.1) is 17.8 Å². The van der Waals surface area contributed by atoms with Gasteiger partial charge in [-0.25, -0.2) is 0 Å². The molecule has 2 aliphatic rings. The highest BCUT2D eigenvalue weighted by atomic mass is 16.3. The summed E-state index contributed by atoms with van der Waals surface area (Å²) in [5.41, 5.74) is 0. The van der Waals surface area contributed by atoms with Gasteiger partial charge in [0.2, 0.25) is 0 Å². The normalized spacial score (nSPS) is 38.5. The second-order valence-electron chi connectivity index (χ2n) is 4.53. The van der Waals surface area contributed by atoms with Crippen LogP contribution in [0.1, 0.15) is 19.8 Å². The molecule has 2 heteroatoms. The lowest BCUT2D eigenvalue weighted by Gasteiger charge is -2.20. The molecule has 2 aliphatic carbocycles. The molecule has 2 bridgehead atoms. The summed E-state index contributed by atoms with van der Waals surface area (Å²) >= 11 is 0. The first-order chi connectivity index (χ1) is 6.29. The van der Waals surface area contributed by atoms with Crippen molar-refractivity contribution in [2.75, 3.05) is 13.2 Å². The molecule has 0 spiro atoms.